The van der Waals surface area contributed by atoms with Crippen molar-refractivity contribution in [3.05, 3.63) is 46.8 Å². The Bertz CT molecular complexity index is 625. The molecular formula is C17H20N2O2. The number of hydrogen-bond donors (Lipinski definition) is 1. The lowest BCUT2D eigenvalue weighted by atomic mass is 10.0. The van der Waals surface area contributed by atoms with E-state index in [0.29, 0.717) is 11.3 Å². The molecule has 21 heavy (non-hydrogen) atoms. The summed E-state index contributed by atoms with van der Waals surface area (Å²) in [5.41, 5.74) is 4.22. The predicted octanol–water partition coefficient (Wildman–Crippen LogP) is 3.80. The number of aryl methyl sites for hydroxylation is 3. The normalized spacial score (nSPS) is 10.6. The average Bonchev–Trinajstić information content (AvgIpc) is 2.44. The third kappa shape index (κ3) is 3.45. The van der Waals surface area contributed by atoms with Gasteiger partial charge in [0.25, 0.3) is 0 Å². The number of nitrogens with zero attached hydrogens (tertiary/aromatic N) is 2. The van der Waals surface area contributed by atoms with Crippen molar-refractivity contribution < 1.29 is 9.90 Å². The number of aromatic nitrogens is 2. The van der Waals surface area contributed by atoms with Gasteiger partial charge in [-0.1, -0.05) is 19.4 Å². The minimum absolute atomic E-state index is 0.276. The second-order valence-electron chi connectivity index (χ2n) is 5.25. The topological polar surface area (TPSA) is 63.1 Å². The third-order valence-electron chi connectivity index (χ3n) is 3.52. The fourth-order valence-electron chi connectivity index (χ4n) is 2.39. The highest BCUT2D eigenvalue weighted by molar-refractivity contribution is 5.91. The van der Waals surface area contributed by atoms with E-state index >= 15 is 0 Å². The summed E-state index contributed by atoms with van der Waals surface area (Å²) in [5.74, 6) is -0.938. The molecule has 1 N–H and O–H groups in total. The zero-order valence-electron chi connectivity index (χ0n) is 12.7. The first-order valence-electron chi connectivity index (χ1n) is 7.19. The first-order valence-corrected chi connectivity index (χ1v) is 7.19. The van der Waals surface area contributed by atoms with Gasteiger partial charge < -0.3 is 5.11 Å². The minimum atomic E-state index is -0.938. The van der Waals surface area contributed by atoms with Crippen LogP contribution in [0.5, 0.6) is 0 Å². The van der Waals surface area contributed by atoms with Crippen molar-refractivity contribution in [2.45, 2.75) is 40.0 Å². The van der Waals surface area contributed by atoms with Crippen LogP contribution in [0.3, 0.4) is 0 Å². The zero-order valence-corrected chi connectivity index (χ0v) is 12.7. The molecule has 0 aliphatic heterocycles. The number of unbranched alkanes of at least 4 members (excludes halogenated alkanes) is 1. The molecule has 0 unspecified atom stereocenters. The Morgan fingerprint density at radius 3 is 2.52 bits per heavy atom. The molecule has 2 rings (SSSR count). The Morgan fingerprint density at radius 2 is 2.00 bits per heavy atom. The molecule has 0 aromatic carbocycles. The van der Waals surface area contributed by atoms with E-state index < -0.39 is 5.97 Å². The summed E-state index contributed by atoms with van der Waals surface area (Å²) in [6.45, 7) is 5.67. The lowest BCUT2D eigenvalue weighted by molar-refractivity contribution is 0.0695. The van der Waals surface area contributed by atoms with Crippen molar-refractivity contribution in [1.29, 1.82) is 0 Å². The van der Waals surface area contributed by atoms with Gasteiger partial charge in [0.15, 0.2) is 0 Å². The van der Waals surface area contributed by atoms with Crippen LogP contribution in [0.2, 0.25) is 0 Å². The van der Waals surface area contributed by atoms with Gasteiger partial charge >= 0.3 is 5.97 Å². The van der Waals surface area contributed by atoms with Crippen LogP contribution >= 0.6 is 0 Å². The van der Waals surface area contributed by atoms with Gasteiger partial charge in [-0.05, 0) is 49.9 Å². The quantitative estimate of drug-likeness (QED) is 0.907. The van der Waals surface area contributed by atoms with Crippen LogP contribution in [-0.4, -0.2) is 21.0 Å². The van der Waals surface area contributed by atoms with Gasteiger partial charge in [-0.3, -0.25) is 9.97 Å². The van der Waals surface area contributed by atoms with Crippen LogP contribution in [0.15, 0.2) is 24.4 Å². The Kier molecular flexibility index (Phi) is 4.68. The molecule has 0 aliphatic carbocycles. The third-order valence-corrected chi connectivity index (χ3v) is 3.52. The zero-order chi connectivity index (χ0) is 15.4. The maximum Gasteiger partial charge on any atom is 0.337 e. The molecule has 4 nitrogen and oxygen atoms in total. The van der Waals surface area contributed by atoms with Gasteiger partial charge in [0, 0.05) is 6.20 Å². The monoisotopic (exact) mass is 284 g/mol. The molecule has 0 saturated heterocycles. The Hall–Kier alpha value is -2.23. The largest absolute Gasteiger partial charge is 0.478 e. The molecular weight excluding hydrogens is 264 g/mol. The van der Waals surface area contributed by atoms with Crippen molar-refractivity contribution in [2.75, 3.05) is 0 Å². The minimum Gasteiger partial charge on any atom is -0.478 e. The van der Waals surface area contributed by atoms with Gasteiger partial charge in [0.2, 0.25) is 0 Å². The molecule has 2 heterocycles. The van der Waals surface area contributed by atoms with Gasteiger partial charge in [-0.15, -0.1) is 0 Å². The SMILES string of the molecule is CCCCc1ccc(-c2cc(C)c(C(=O)O)c(C)n2)nc1. The summed E-state index contributed by atoms with van der Waals surface area (Å²) < 4.78 is 0. The van der Waals surface area contributed by atoms with E-state index in [9.17, 15) is 9.90 Å². The van der Waals surface area contributed by atoms with E-state index in [1.54, 1.807) is 19.9 Å². The maximum absolute atomic E-state index is 11.2. The number of carboxylic acids is 1. The van der Waals surface area contributed by atoms with Crippen LogP contribution in [0.25, 0.3) is 11.4 Å². The van der Waals surface area contributed by atoms with Crippen molar-refractivity contribution in [1.82, 2.24) is 9.97 Å². The number of aromatic carboxylic acids is 1. The van der Waals surface area contributed by atoms with E-state index in [4.69, 9.17) is 0 Å². The first kappa shape index (κ1) is 15.2. The van der Waals surface area contributed by atoms with Crippen LogP contribution in [-0.2, 0) is 6.42 Å². The van der Waals surface area contributed by atoms with Crippen molar-refractivity contribution in [3.63, 3.8) is 0 Å². The number of carbonyl (C=O) groups is 1. The molecule has 4 heteroatoms. The number of rotatable bonds is 5. The lowest BCUT2D eigenvalue weighted by Gasteiger charge is -2.08. The summed E-state index contributed by atoms with van der Waals surface area (Å²) >= 11 is 0. The van der Waals surface area contributed by atoms with Crippen LogP contribution in [0, 0.1) is 13.8 Å². The highest BCUT2D eigenvalue weighted by Gasteiger charge is 2.14. The summed E-state index contributed by atoms with van der Waals surface area (Å²) in [4.78, 5) is 20.0. The fourth-order valence-corrected chi connectivity index (χ4v) is 2.39. The highest BCUT2D eigenvalue weighted by atomic mass is 16.4. The molecule has 0 fully saturated rings. The lowest BCUT2D eigenvalue weighted by Crippen LogP contribution is -2.06. The Labute approximate surface area is 124 Å². The standard InChI is InChI=1S/C17H20N2O2/c1-4-5-6-13-7-8-14(18-10-13)15-9-11(2)16(17(20)21)12(3)19-15/h7-10H,4-6H2,1-3H3,(H,20,21). The number of carboxylic acid groups (broad SMARTS) is 1. The van der Waals surface area contributed by atoms with Crippen LogP contribution in [0.4, 0.5) is 0 Å². The van der Waals surface area contributed by atoms with Crippen LogP contribution < -0.4 is 0 Å². The van der Waals surface area contributed by atoms with Crippen molar-refractivity contribution in [2.24, 2.45) is 0 Å². The second-order valence-corrected chi connectivity index (χ2v) is 5.25. The fraction of sp³-hybridized carbons (Fsp3) is 0.353. The van der Waals surface area contributed by atoms with E-state index in [0.717, 1.165) is 24.2 Å². The van der Waals surface area contributed by atoms with Crippen molar-refractivity contribution >= 4 is 5.97 Å². The molecule has 2 aromatic rings. The summed E-state index contributed by atoms with van der Waals surface area (Å²) in [6, 6.07) is 5.80. The molecule has 0 aliphatic rings. The van der Waals surface area contributed by atoms with Gasteiger partial charge in [0.1, 0.15) is 0 Å². The second kappa shape index (κ2) is 6.48. The summed E-state index contributed by atoms with van der Waals surface area (Å²) in [5, 5.41) is 9.17. The molecule has 0 amide bonds. The maximum atomic E-state index is 11.2. The smallest absolute Gasteiger partial charge is 0.337 e. The first-order chi connectivity index (χ1) is 10.0. The summed E-state index contributed by atoms with van der Waals surface area (Å²) in [7, 11) is 0. The molecule has 2 aromatic heterocycles. The highest BCUT2D eigenvalue weighted by Crippen LogP contribution is 2.21. The van der Waals surface area contributed by atoms with E-state index in [1.807, 2.05) is 12.3 Å². The molecule has 0 bridgehead atoms. The molecule has 0 saturated carbocycles. The van der Waals surface area contributed by atoms with Gasteiger partial charge in [0.05, 0.1) is 22.6 Å². The van der Waals surface area contributed by atoms with E-state index in [1.165, 1.54) is 12.0 Å². The summed E-state index contributed by atoms with van der Waals surface area (Å²) in [6.07, 6.45) is 5.23. The molecule has 0 radical (unpaired) electrons. The molecule has 110 valence electrons. The van der Waals surface area contributed by atoms with E-state index in [-0.39, 0.29) is 5.56 Å². The number of pyridine rings is 2. The van der Waals surface area contributed by atoms with Crippen molar-refractivity contribution in [3.8, 4) is 11.4 Å². The van der Waals surface area contributed by atoms with Gasteiger partial charge in [-0.25, -0.2) is 4.79 Å². The van der Waals surface area contributed by atoms with E-state index in [2.05, 4.69) is 23.0 Å². The van der Waals surface area contributed by atoms with Gasteiger partial charge in [-0.2, -0.15) is 0 Å². The Balaban J connectivity index is 2.32. The molecule has 0 spiro atoms. The molecule has 0 atom stereocenters. The van der Waals surface area contributed by atoms with Crippen LogP contribution in [0.1, 0.15) is 46.9 Å². The average molecular weight is 284 g/mol. The number of hydrogen-bond acceptors (Lipinski definition) is 3. The Morgan fingerprint density at radius 1 is 1.24 bits per heavy atom. The predicted molar refractivity (Wildman–Crippen MR) is 82.5 cm³/mol.